The molecule has 0 saturated carbocycles. The van der Waals surface area contributed by atoms with Crippen LogP contribution in [0.1, 0.15) is 104 Å². The van der Waals surface area contributed by atoms with E-state index >= 15 is 0 Å². The summed E-state index contributed by atoms with van der Waals surface area (Å²) >= 11 is 0. The van der Waals surface area contributed by atoms with Gasteiger partial charge in [0.1, 0.15) is 0 Å². The van der Waals surface area contributed by atoms with Crippen LogP contribution >= 0.6 is 0 Å². The first-order valence-electron chi connectivity index (χ1n) is 11.5. The highest BCUT2D eigenvalue weighted by Crippen LogP contribution is 2.09. The van der Waals surface area contributed by atoms with E-state index < -0.39 is 12.3 Å². The standard InChI is InChI=1S/C24H44O4/c1-3-5-7-9-11-13-15-17-21-27-24(20-19-23(25)26)28-22-18-16-14-12-10-8-6-4-2/h11-14,24H,3-10,15-22H2,1-2H3,(H,25,26)/b13-11-,14-12-. The minimum absolute atomic E-state index is 0.0827. The predicted molar refractivity (Wildman–Crippen MR) is 118 cm³/mol. The number of unbranched alkanes of at least 4 members (excludes halogenated alkanes) is 8. The largest absolute Gasteiger partial charge is 0.481 e. The summed E-state index contributed by atoms with van der Waals surface area (Å²) in [6, 6.07) is 0. The van der Waals surface area contributed by atoms with Crippen LogP contribution in [0.3, 0.4) is 0 Å². The van der Waals surface area contributed by atoms with E-state index in [1.807, 2.05) is 0 Å². The molecule has 0 unspecified atom stereocenters. The monoisotopic (exact) mass is 396 g/mol. The molecule has 0 aliphatic heterocycles. The van der Waals surface area contributed by atoms with Gasteiger partial charge in [0.05, 0.1) is 19.6 Å². The summed E-state index contributed by atoms with van der Waals surface area (Å²) in [5.41, 5.74) is 0. The van der Waals surface area contributed by atoms with Gasteiger partial charge in [-0.15, -0.1) is 0 Å². The van der Waals surface area contributed by atoms with Gasteiger partial charge < -0.3 is 14.6 Å². The van der Waals surface area contributed by atoms with Gasteiger partial charge in [-0.3, -0.25) is 4.79 Å². The van der Waals surface area contributed by atoms with Crippen LogP contribution in [0.4, 0.5) is 0 Å². The van der Waals surface area contributed by atoms with Crippen LogP contribution in [0.15, 0.2) is 24.3 Å². The molecule has 4 heteroatoms. The highest BCUT2D eigenvalue weighted by molar-refractivity contribution is 5.66. The third kappa shape index (κ3) is 21.2. The zero-order valence-electron chi connectivity index (χ0n) is 18.4. The zero-order valence-corrected chi connectivity index (χ0v) is 18.4. The molecule has 0 aliphatic carbocycles. The Balaban J connectivity index is 3.83. The van der Waals surface area contributed by atoms with Crippen molar-refractivity contribution in [3.05, 3.63) is 24.3 Å². The van der Waals surface area contributed by atoms with Crippen molar-refractivity contribution in [2.24, 2.45) is 0 Å². The summed E-state index contributed by atoms with van der Waals surface area (Å²) < 4.78 is 11.5. The van der Waals surface area contributed by atoms with E-state index in [1.165, 1.54) is 38.5 Å². The van der Waals surface area contributed by atoms with Gasteiger partial charge in [0.25, 0.3) is 0 Å². The molecule has 0 heterocycles. The number of allylic oxidation sites excluding steroid dienone is 4. The van der Waals surface area contributed by atoms with Crippen LogP contribution < -0.4 is 0 Å². The van der Waals surface area contributed by atoms with E-state index in [0.717, 1.165) is 38.5 Å². The summed E-state index contributed by atoms with van der Waals surface area (Å²) in [4.78, 5) is 10.8. The maximum absolute atomic E-state index is 10.8. The maximum Gasteiger partial charge on any atom is 0.303 e. The van der Waals surface area contributed by atoms with Gasteiger partial charge in [0.2, 0.25) is 0 Å². The van der Waals surface area contributed by atoms with Crippen molar-refractivity contribution in [3.63, 3.8) is 0 Å². The smallest absolute Gasteiger partial charge is 0.303 e. The summed E-state index contributed by atoms with van der Waals surface area (Å²) in [6.07, 6.45) is 22.9. The van der Waals surface area contributed by atoms with Gasteiger partial charge in [0, 0.05) is 6.42 Å². The van der Waals surface area contributed by atoms with Crippen molar-refractivity contribution in [1.82, 2.24) is 0 Å². The minimum Gasteiger partial charge on any atom is -0.481 e. The number of carboxylic acids is 1. The molecule has 0 rings (SSSR count). The van der Waals surface area contributed by atoms with Crippen molar-refractivity contribution in [2.45, 2.75) is 110 Å². The number of carboxylic acid groups (broad SMARTS) is 1. The third-order valence-electron chi connectivity index (χ3n) is 4.51. The molecule has 4 nitrogen and oxygen atoms in total. The topological polar surface area (TPSA) is 55.8 Å². The Bertz CT molecular complexity index is 362. The zero-order chi connectivity index (χ0) is 20.7. The molecule has 28 heavy (non-hydrogen) atoms. The van der Waals surface area contributed by atoms with E-state index in [-0.39, 0.29) is 6.42 Å². The highest BCUT2D eigenvalue weighted by Gasteiger charge is 2.11. The summed E-state index contributed by atoms with van der Waals surface area (Å²) in [6.45, 7) is 5.66. The summed E-state index contributed by atoms with van der Waals surface area (Å²) in [7, 11) is 0. The molecule has 0 aliphatic rings. The van der Waals surface area contributed by atoms with Crippen molar-refractivity contribution in [3.8, 4) is 0 Å². The molecule has 0 atom stereocenters. The SMILES string of the molecule is CCCCC/C=C\CCCOC(CCC(=O)O)OCCC/C=C\CCCCC. The molecule has 1 N–H and O–H groups in total. The molecule has 164 valence electrons. The Labute approximate surface area is 173 Å². The molecule has 0 amide bonds. The number of rotatable bonds is 21. The first kappa shape index (κ1) is 26.9. The molecule has 0 aromatic heterocycles. The lowest BCUT2D eigenvalue weighted by molar-refractivity contribution is -0.156. The Morgan fingerprint density at radius 3 is 1.57 bits per heavy atom. The first-order chi connectivity index (χ1) is 13.7. The number of aliphatic carboxylic acids is 1. The number of hydrogen-bond acceptors (Lipinski definition) is 3. The number of ether oxygens (including phenoxy) is 2. The maximum atomic E-state index is 10.8. The molecular formula is C24H44O4. The van der Waals surface area contributed by atoms with E-state index in [9.17, 15) is 4.79 Å². The normalized spacial score (nSPS) is 12.0. The van der Waals surface area contributed by atoms with Crippen molar-refractivity contribution < 1.29 is 19.4 Å². The average Bonchev–Trinajstić information content (AvgIpc) is 2.68. The summed E-state index contributed by atoms with van der Waals surface area (Å²) in [5.74, 6) is -0.803. The second kappa shape index (κ2) is 22.2. The van der Waals surface area contributed by atoms with Crippen LogP contribution in [0.5, 0.6) is 0 Å². The molecular weight excluding hydrogens is 352 g/mol. The lowest BCUT2D eigenvalue weighted by atomic mass is 10.2. The van der Waals surface area contributed by atoms with E-state index in [4.69, 9.17) is 14.6 Å². The molecule has 0 spiro atoms. The van der Waals surface area contributed by atoms with E-state index in [0.29, 0.717) is 19.6 Å². The fraction of sp³-hybridized carbons (Fsp3) is 0.792. The molecule has 0 aromatic rings. The fourth-order valence-electron chi connectivity index (χ4n) is 2.78. The molecule has 0 aromatic carbocycles. The highest BCUT2D eigenvalue weighted by atomic mass is 16.7. The minimum atomic E-state index is -0.803. The second-order valence-corrected chi connectivity index (χ2v) is 7.32. The fourth-order valence-corrected chi connectivity index (χ4v) is 2.78. The van der Waals surface area contributed by atoms with Crippen LogP contribution in [-0.4, -0.2) is 30.6 Å². The lowest BCUT2D eigenvalue weighted by Gasteiger charge is -2.17. The number of carbonyl (C=O) groups is 1. The van der Waals surface area contributed by atoms with Crippen LogP contribution in [-0.2, 0) is 14.3 Å². The quantitative estimate of drug-likeness (QED) is 0.128. The van der Waals surface area contributed by atoms with Crippen LogP contribution in [0.2, 0.25) is 0 Å². The predicted octanol–water partition coefficient (Wildman–Crippen LogP) is 7.04. The van der Waals surface area contributed by atoms with E-state index in [1.54, 1.807) is 0 Å². The van der Waals surface area contributed by atoms with Crippen molar-refractivity contribution in [1.29, 1.82) is 0 Å². The first-order valence-corrected chi connectivity index (χ1v) is 11.5. The molecule has 0 fully saturated rings. The van der Waals surface area contributed by atoms with Crippen molar-refractivity contribution >= 4 is 5.97 Å². The van der Waals surface area contributed by atoms with E-state index in [2.05, 4.69) is 38.2 Å². The van der Waals surface area contributed by atoms with Gasteiger partial charge in [-0.05, 0) is 51.4 Å². The second-order valence-electron chi connectivity index (χ2n) is 7.32. The Morgan fingerprint density at radius 1 is 0.750 bits per heavy atom. The van der Waals surface area contributed by atoms with Gasteiger partial charge in [-0.1, -0.05) is 63.8 Å². The number of hydrogen-bond donors (Lipinski definition) is 1. The molecule has 0 saturated heterocycles. The third-order valence-corrected chi connectivity index (χ3v) is 4.51. The molecule has 0 bridgehead atoms. The van der Waals surface area contributed by atoms with Crippen LogP contribution in [0.25, 0.3) is 0 Å². The van der Waals surface area contributed by atoms with Gasteiger partial charge >= 0.3 is 5.97 Å². The molecule has 0 radical (unpaired) electrons. The summed E-state index contributed by atoms with van der Waals surface area (Å²) in [5, 5.41) is 8.89. The van der Waals surface area contributed by atoms with Crippen molar-refractivity contribution in [2.75, 3.05) is 13.2 Å². The van der Waals surface area contributed by atoms with Gasteiger partial charge in [0.15, 0.2) is 6.29 Å². The Kier molecular flexibility index (Phi) is 21.3. The van der Waals surface area contributed by atoms with Gasteiger partial charge in [-0.2, -0.15) is 0 Å². The van der Waals surface area contributed by atoms with Gasteiger partial charge in [-0.25, -0.2) is 0 Å². The Morgan fingerprint density at radius 2 is 1.18 bits per heavy atom. The average molecular weight is 397 g/mol. The van der Waals surface area contributed by atoms with Crippen LogP contribution in [0, 0.1) is 0 Å². The lowest BCUT2D eigenvalue weighted by Crippen LogP contribution is -2.20. The Hall–Kier alpha value is -1.13.